The van der Waals surface area contributed by atoms with Crippen LogP contribution in [-0.2, 0) is 10.2 Å². The number of carbonyl (C=O) groups is 1. The second-order valence-corrected chi connectivity index (χ2v) is 10.2. The number of benzene rings is 1. The highest BCUT2D eigenvalue weighted by Crippen LogP contribution is 2.51. The molecule has 162 valence electrons. The first-order chi connectivity index (χ1) is 14.3. The van der Waals surface area contributed by atoms with Crippen molar-refractivity contribution in [3.63, 3.8) is 0 Å². The van der Waals surface area contributed by atoms with Crippen LogP contribution in [0.25, 0.3) is 0 Å². The number of thiazole rings is 1. The molecule has 7 heteroatoms. The van der Waals surface area contributed by atoms with Crippen molar-refractivity contribution in [2.45, 2.75) is 58.9 Å². The molecule has 1 N–H and O–H groups in total. The van der Waals surface area contributed by atoms with Crippen molar-refractivity contribution in [3.8, 4) is 11.5 Å². The summed E-state index contributed by atoms with van der Waals surface area (Å²) in [6.07, 6.45) is 3.59. The van der Waals surface area contributed by atoms with Crippen LogP contribution >= 0.6 is 11.3 Å². The molecule has 1 aromatic carbocycles. The molecule has 1 unspecified atom stereocenters. The van der Waals surface area contributed by atoms with Gasteiger partial charge in [-0.15, -0.1) is 11.3 Å². The summed E-state index contributed by atoms with van der Waals surface area (Å²) in [4.78, 5) is 21.4. The van der Waals surface area contributed by atoms with E-state index >= 15 is 0 Å². The Morgan fingerprint density at radius 2 is 1.93 bits per heavy atom. The maximum Gasteiger partial charge on any atom is 0.236 e. The largest absolute Gasteiger partial charge is 0.454 e. The van der Waals surface area contributed by atoms with E-state index in [4.69, 9.17) is 9.47 Å². The van der Waals surface area contributed by atoms with Gasteiger partial charge in [0.25, 0.3) is 0 Å². The molecule has 2 aliphatic rings. The van der Waals surface area contributed by atoms with E-state index in [1.165, 1.54) is 4.88 Å². The topological polar surface area (TPSA) is 63.7 Å². The molecule has 1 amide bonds. The summed E-state index contributed by atoms with van der Waals surface area (Å²) in [6, 6.07) is 6.07. The Labute approximate surface area is 182 Å². The van der Waals surface area contributed by atoms with Crippen LogP contribution in [0.4, 0.5) is 5.13 Å². The molecule has 0 spiro atoms. The number of ether oxygens (including phenoxy) is 2. The van der Waals surface area contributed by atoms with Gasteiger partial charge in [-0.3, -0.25) is 9.69 Å². The van der Waals surface area contributed by atoms with Gasteiger partial charge in [0.1, 0.15) is 0 Å². The molecule has 1 atom stereocenters. The lowest BCUT2D eigenvalue weighted by Gasteiger charge is -2.38. The second kappa shape index (κ2) is 7.85. The molecule has 4 rings (SSSR count). The molecule has 2 heterocycles. The lowest BCUT2D eigenvalue weighted by molar-refractivity contribution is -0.118. The van der Waals surface area contributed by atoms with Crippen LogP contribution in [0, 0.1) is 5.41 Å². The number of hydrogen-bond donors (Lipinski definition) is 1. The monoisotopic (exact) mass is 429 g/mol. The predicted molar refractivity (Wildman–Crippen MR) is 119 cm³/mol. The van der Waals surface area contributed by atoms with Gasteiger partial charge in [-0.2, -0.15) is 0 Å². The molecule has 1 saturated carbocycles. The maximum atomic E-state index is 13.2. The van der Waals surface area contributed by atoms with Crippen LogP contribution in [0.15, 0.2) is 24.4 Å². The molecule has 0 radical (unpaired) electrons. The number of nitrogens with one attached hydrogen (secondary N) is 1. The Morgan fingerprint density at radius 1 is 1.23 bits per heavy atom. The van der Waals surface area contributed by atoms with Gasteiger partial charge in [-0.1, -0.05) is 40.7 Å². The van der Waals surface area contributed by atoms with Gasteiger partial charge < -0.3 is 14.8 Å². The first-order valence-electron chi connectivity index (χ1n) is 10.7. The number of hydrogen-bond acceptors (Lipinski definition) is 6. The number of fused-ring (bicyclic) bond motifs is 1. The van der Waals surface area contributed by atoms with E-state index in [0.717, 1.165) is 43.0 Å². The van der Waals surface area contributed by atoms with E-state index in [1.54, 1.807) is 11.3 Å². The molecular formula is C23H31N3O3S. The smallest absolute Gasteiger partial charge is 0.236 e. The van der Waals surface area contributed by atoms with E-state index in [0.29, 0.717) is 5.13 Å². The zero-order chi connectivity index (χ0) is 21.5. The number of carbonyl (C=O) groups excluding carboxylic acids is 1. The fourth-order valence-electron chi connectivity index (χ4n) is 4.40. The first-order valence-corrected chi connectivity index (χ1v) is 11.5. The Hall–Kier alpha value is -2.12. The zero-order valence-electron chi connectivity index (χ0n) is 18.4. The molecule has 1 fully saturated rings. The summed E-state index contributed by atoms with van der Waals surface area (Å²) in [6.45, 7) is 13.3. The average Bonchev–Trinajstić information content (AvgIpc) is 3.17. The number of anilines is 1. The van der Waals surface area contributed by atoms with Crippen LogP contribution < -0.4 is 14.8 Å². The summed E-state index contributed by atoms with van der Waals surface area (Å²) >= 11 is 1.59. The van der Waals surface area contributed by atoms with Crippen molar-refractivity contribution >= 4 is 22.4 Å². The summed E-state index contributed by atoms with van der Waals surface area (Å²) in [5.41, 5.74) is 0.566. The standard InChI is InChI=1S/C23H31N3O3S/c1-6-26(7-2)19(22(3,4)5)18-13-24-21(30-18)25-20(27)23(10-11-23)15-8-9-16-17(12-15)29-14-28-16/h8-9,12-13,19H,6-7,10-11,14H2,1-5H3,(H,24,25,27). The lowest BCUT2D eigenvalue weighted by Crippen LogP contribution is -2.36. The van der Waals surface area contributed by atoms with Gasteiger partial charge in [-0.05, 0) is 49.0 Å². The summed E-state index contributed by atoms with van der Waals surface area (Å²) in [5.74, 6) is 1.47. The molecule has 30 heavy (non-hydrogen) atoms. The molecular weight excluding hydrogens is 398 g/mol. The van der Waals surface area contributed by atoms with Crippen molar-refractivity contribution in [2.24, 2.45) is 5.41 Å². The van der Waals surface area contributed by atoms with E-state index in [9.17, 15) is 4.79 Å². The molecule has 0 saturated heterocycles. The van der Waals surface area contributed by atoms with E-state index in [1.807, 2.05) is 24.4 Å². The van der Waals surface area contributed by atoms with Gasteiger partial charge >= 0.3 is 0 Å². The first kappa shape index (κ1) is 21.1. The summed E-state index contributed by atoms with van der Waals surface area (Å²) in [7, 11) is 0. The Balaban J connectivity index is 1.53. The average molecular weight is 430 g/mol. The quantitative estimate of drug-likeness (QED) is 0.673. The van der Waals surface area contributed by atoms with Crippen LogP contribution in [0.1, 0.15) is 63.9 Å². The van der Waals surface area contributed by atoms with Crippen molar-refractivity contribution < 1.29 is 14.3 Å². The highest BCUT2D eigenvalue weighted by molar-refractivity contribution is 7.15. The minimum absolute atomic E-state index is 0.0115. The summed E-state index contributed by atoms with van der Waals surface area (Å²) in [5, 5.41) is 3.76. The molecule has 1 aliphatic carbocycles. The summed E-state index contributed by atoms with van der Waals surface area (Å²) < 4.78 is 10.9. The fourth-order valence-corrected chi connectivity index (χ4v) is 5.59. The maximum absolute atomic E-state index is 13.2. The number of aromatic nitrogens is 1. The minimum atomic E-state index is -0.491. The normalized spacial score (nSPS) is 17.8. The van der Waals surface area contributed by atoms with Crippen LogP contribution in [-0.4, -0.2) is 35.7 Å². The zero-order valence-corrected chi connectivity index (χ0v) is 19.3. The highest BCUT2D eigenvalue weighted by Gasteiger charge is 2.52. The second-order valence-electron chi connectivity index (χ2n) is 9.16. The van der Waals surface area contributed by atoms with E-state index in [-0.39, 0.29) is 24.2 Å². The van der Waals surface area contributed by atoms with Gasteiger partial charge in [0.15, 0.2) is 16.6 Å². The van der Waals surface area contributed by atoms with E-state index < -0.39 is 5.41 Å². The highest BCUT2D eigenvalue weighted by atomic mass is 32.1. The van der Waals surface area contributed by atoms with Gasteiger partial charge in [0.05, 0.1) is 11.5 Å². The Bertz CT molecular complexity index is 926. The Morgan fingerprint density at radius 3 is 2.57 bits per heavy atom. The van der Waals surface area contributed by atoms with Crippen molar-refractivity contribution in [1.29, 1.82) is 0 Å². The molecule has 1 aliphatic heterocycles. The third-order valence-electron chi connectivity index (χ3n) is 6.12. The minimum Gasteiger partial charge on any atom is -0.454 e. The van der Waals surface area contributed by atoms with Crippen molar-refractivity contribution in [1.82, 2.24) is 9.88 Å². The van der Waals surface area contributed by atoms with Gasteiger partial charge in [0.2, 0.25) is 12.7 Å². The molecule has 6 nitrogen and oxygen atoms in total. The fraction of sp³-hybridized carbons (Fsp3) is 0.565. The molecule has 1 aromatic heterocycles. The number of nitrogens with zero attached hydrogens (tertiary/aromatic N) is 2. The third kappa shape index (κ3) is 3.81. The molecule has 2 aromatic rings. The lowest BCUT2D eigenvalue weighted by atomic mass is 9.85. The van der Waals surface area contributed by atoms with Gasteiger partial charge in [-0.25, -0.2) is 4.98 Å². The number of rotatable bonds is 7. The van der Waals surface area contributed by atoms with Crippen molar-refractivity contribution in [3.05, 3.63) is 34.8 Å². The van der Waals surface area contributed by atoms with Crippen molar-refractivity contribution in [2.75, 3.05) is 25.2 Å². The van der Waals surface area contributed by atoms with Crippen LogP contribution in [0.5, 0.6) is 11.5 Å². The van der Waals surface area contributed by atoms with Crippen LogP contribution in [0.2, 0.25) is 0 Å². The third-order valence-corrected chi connectivity index (χ3v) is 7.09. The Kier molecular flexibility index (Phi) is 5.53. The van der Waals surface area contributed by atoms with E-state index in [2.05, 4.69) is 49.8 Å². The van der Waals surface area contributed by atoms with Gasteiger partial charge in [0, 0.05) is 11.1 Å². The predicted octanol–water partition coefficient (Wildman–Crippen LogP) is 4.97. The molecule has 0 bridgehead atoms. The van der Waals surface area contributed by atoms with Crippen LogP contribution in [0.3, 0.4) is 0 Å². The number of amides is 1. The SMILES string of the molecule is CCN(CC)C(c1cnc(NC(=O)C2(c3ccc4c(c3)OCO4)CC2)s1)C(C)(C)C.